The molecule has 1 aliphatic rings. The molecular formula is C19H21N9OS. The number of allylic oxidation sites excluding steroid dienone is 1. The van der Waals surface area contributed by atoms with E-state index in [0.29, 0.717) is 35.0 Å². The van der Waals surface area contributed by atoms with Crippen LogP contribution in [0.4, 0.5) is 17.2 Å². The van der Waals surface area contributed by atoms with Gasteiger partial charge in [0.15, 0.2) is 11.6 Å². The molecule has 1 aliphatic heterocycles. The number of rotatable bonds is 5. The van der Waals surface area contributed by atoms with Gasteiger partial charge in [-0.2, -0.15) is 5.10 Å². The highest BCUT2D eigenvalue weighted by Gasteiger charge is 2.38. The summed E-state index contributed by atoms with van der Waals surface area (Å²) in [5.74, 6) is 0.971. The van der Waals surface area contributed by atoms with E-state index in [1.165, 1.54) is 17.5 Å². The highest BCUT2D eigenvalue weighted by molar-refractivity contribution is 7.12. The van der Waals surface area contributed by atoms with Gasteiger partial charge in [0, 0.05) is 38.1 Å². The molecule has 11 heteroatoms. The molecule has 10 nitrogen and oxygen atoms in total. The van der Waals surface area contributed by atoms with Crippen molar-refractivity contribution in [3.8, 4) is 0 Å². The smallest absolute Gasteiger partial charge is 0.250 e. The standard InChI is InChI=1S/C19H21N9OS/c1-4-13-19(29)27(3)14-10-23-16(26-17(14)28(13)11-8-24-25-9-11)12(7-20)15(21-2)18-22-5-6-30-18/h5-10,13H,4,20H2,1-3H3,(H,24,25)/t13-/m0/s1. The molecule has 0 radical (unpaired) electrons. The van der Waals surface area contributed by atoms with Crippen molar-refractivity contribution in [2.45, 2.75) is 19.4 Å². The number of aromatic nitrogens is 5. The lowest BCUT2D eigenvalue weighted by Crippen LogP contribution is -2.50. The maximum absolute atomic E-state index is 13.0. The predicted molar refractivity (Wildman–Crippen MR) is 117 cm³/mol. The second-order valence-corrected chi connectivity index (χ2v) is 7.43. The number of nitrogens with two attached hydrogens (primary N) is 1. The first kappa shape index (κ1) is 19.7. The van der Waals surface area contributed by atoms with Crippen molar-refractivity contribution in [2.75, 3.05) is 23.9 Å². The summed E-state index contributed by atoms with van der Waals surface area (Å²) >= 11 is 1.46. The molecule has 0 saturated carbocycles. The zero-order valence-electron chi connectivity index (χ0n) is 16.8. The number of aliphatic imine (C=N–C) groups is 1. The Kier molecular flexibility index (Phi) is 5.27. The fraction of sp³-hybridized carbons (Fsp3) is 0.263. The maximum atomic E-state index is 13.0. The number of carbonyl (C=O) groups is 1. The molecule has 0 spiro atoms. The first-order valence-corrected chi connectivity index (χ1v) is 10.2. The molecule has 154 valence electrons. The molecule has 30 heavy (non-hydrogen) atoms. The Balaban J connectivity index is 1.87. The fourth-order valence-electron chi connectivity index (χ4n) is 3.48. The summed E-state index contributed by atoms with van der Waals surface area (Å²) in [5, 5.41) is 9.44. The Hall–Kier alpha value is -3.60. The number of H-pyrrole nitrogens is 1. The number of amides is 1. The third-order valence-electron chi connectivity index (χ3n) is 4.94. The summed E-state index contributed by atoms with van der Waals surface area (Å²) in [6.45, 7) is 1.96. The first-order chi connectivity index (χ1) is 14.6. The van der Waals surface area contributed by atoms with E-state index in [4.69, 9.17) is 10.7 Å². The molecule has 4 heterocycles. The van der Waals surface area contributed by atoms with Crippen molar-refractivity contribution >= 4 is 45.7 Å². The van der Waals surface area contributed by atoms with Gasteiger partial charge < -0.3 is 15.5 Å². The number of likely N-dealkylation sites (N-methyl/N-ethyl adjacent to an activating group) is 1. The summed E-state index contributed by atoms with van der Waals surface area (Å²) in [4.78, 5) is 34.4. The summed E-state index contributed by atoms with van der Waals surface area (Å²) in [6.07, 6.45) is 8.78. The van der Waals surface area contributed by atoms with Gasteiger partial charge in [0.25, 0.3) is 0 Å². The quantitative estimate of drug-likeness (QED) is 0.600. The largest absolute Gasteiger partial charge is 0.404 e. The van der Waals surface area contributed by atoms with Gasteiger partial charge in [-0.1, -0.05) is 6.92 Å². The number of fused-ring (bicyclic) bond motifs is 1. The number of anilines is 3. The van der Waals surface area contributed by atoms with Crippen molar-refractivity contribution < 1.29 is 4.79 Å². The minimum atomic E-state index is -0.411. The molecule has 0 fully saturated rings. The third kappa shape index (κ3) is 3.12. The second kappa shape index (κ2) is 8.03. The van der Waals surface area contributed by atoms with Crippen molar-refractivity contribution in [3.05, 3.63) is 47.2 Å². The van der Waals surface area contributed by atoms with E-state index in [1.807, 2.05) is 17.2 Å². The average molecular weight is 424 g/mol. The van der Waals surface area contributed by atoms with Crippen LogP contribution in [0.15, 0.2) is 41.4 Å². The van der Waals surface area contributed by atoms with Crippen LogP contribution in [0.1, 0.15) is 24.2 Å². The van der Waals surface area contributed by atoms with Crippen molar-refractivity contribution in [1.82, 2.24) is 25.1 Å². The molecule has 0 aliphatic carbocycles. The Morgan fingerprint density at radius 1 is 1.40 bits per heavy atom. The van der Waals surface area contributed by atoms with Gasteiger partial charge in [0.05, 0.1) is 23.7 Å². The number of carbonyl (C=O) groups excluding carboxylic acids is 1. The van der Waals surface area contributed by atoms with Gasteiger partial charge in [-0.05, 0) is 6.42 Å². The number of hydrogen-bond donors (Lipinski definition) is 2. The van der Waals surface area contributed by atoms with Crippen LogP contribution in [0.25, 0.3) is 5.57 Å². The van der Waals surface area contributed by atoms with E-state index >= 15 is 0 Å². The van der Waals surface area contributed by atoms with Crippen LogP contribution < -0.4 is 15.5 Å². The van der Waals surface area contributed by atoms with Crippen LogP contribution in [0.3, 0.4) is 0 Å². The van der Waals surface area contributed by atoms with Gasteiger partial charge in [-0.15, -0.1) is 11.3 Å². The molecule has 4 rings (SSSR count). The zero-order chi connectivity index (χ0) is 21.3. The molecule has 3 N–H and O–H groups in total. The Labute approximate surface area is 177 Å². The van der Waals surface area contributed by atoms with E-state index in [9.17, 15) is 4.79 Å². The van der Waals surface area contributed by atoms with E-state index < -0.39 is 6.04 Å². The molecule has 1 atom stereocenters. The van der Waals surface area contributed by atoms with E-state index in [2.05, 4.69) is 25.2 Å². The normalized spacial score (nSPS) is 17.4. The van der Waals surface area contributed by atoms with Gasteiger partial charge in [0.1, 0.15) is 22.4 Å². The van der Waals surface area contributed by atoms with Crippen LogP contribution in [0.5, 0.6) is 0 Å². The molecule has 3 aromatic rings. The van der Waals surface area contributed by atoms with E-state index in [-0.39, 0.29) is 5.91 Å². The number of hydrogen-bond acceptors (Lipinski definition) is 9. The van der Waals surface area contributed by atoms with Crippen molar-refractivity contribution in [1.29, 1.82) is 0 Å². The fourth-order valence-corrected chi connectivity index (χ4v) is 4.16. The summed E-state index contributed by atoms with van der Waals surface area (Å²) in [5.41, 5.74) is 8.48. The molecule has 0 unspecified atom stereocenters. The summed E-state index contributed by atoms with van der Waals surface area (Å²) < 4.78 is 0. The number of nitrogens with one attached hydrogen (secondary N) is 1. The van der Waals surface area contributed by atoms with Crippen molar-refractivity contribution in [3.63, 3.8) is 0 Å². The minimum absolute atomic E-state index is 0.0317. The molecule has 0 bridgehead atoms. The Morgan fingerprint density at radius 3 is 2.83 bits per heavy atom. The van der Waals surface area contributed by atoms with Crippen LogP contribution >= 0.6 is 11.3 Å². The number of thiazole rings is 1. The summed E-state index contributed by atoms with van der Waals surface area (Å²) in [7, 11) is 3.41. The first-order valence-electron chi connectivity index (χ1n) is 9.32. The lowest BCUT2D eigenvalue weighted by Gasteiger charge is -2.39. The molecule has 3 aromatic heterocycles. The number of nitrogens with zero attached hydrogens (tertiary/aromatic N) is 7. The van der Waals surface area contributed by atoms with E-state index in [1.54, 1.807) is 43.8 Å². The minimum Gasteiger partial charge on any atom is -0.404 e. The molecular weight excluding hydrogens is 402 g/mol. The van der Waals surface area contributed by atoms with Gasteiger partial charge in [-0.3, -0.25) is 14.9 Å². The lowest BCUT2D eigenvalue weighted by molar-refractivity contribution is -0.119. The highest BCUT2D eigenvalue weighted by Crippen LogP contribution is 2.39. The zero-order valence-corrected chi connectivity index (χ0v) is 17.6. The van der Waals surface area contributed by atoms with Crippen LogP contribution in [-0.2, 0) is 4.79 Å². The Morgan fingerprint density at radius 2 is 2.23 bits per heavy atom. The third-order valence-corrected chi connectivity index (χ3v) is 5.72. The van der Waals surface area contributed by atoms with Crippen LogP contribution in [0, 0.1) is 0 Å². The SMILES string of the molecule is CC[C@H]1C(=O)N(C)c2cnc(C(=CN)C(=NC)c3nccs3)nc2N1c1cn[nH]c1. The lowest BCUT2D eigenvalue weighted by atomic mass is 10.1. The molecule has 0 aromatic carbocycles. The predicted octanol–water partition coefficient (Wildman–Crippen LogP) is 1.97. The monoisotopic (exact) mass is 423 g/mol. The van der Waals surface area contributed by atoms with Gasteiger partial charge >= 0.3 is 0 Å². The highest BCUT2D eigenvalue weighted by atomic mass is 32.1. The van der Waals surface area contributed by atoms with Crippen LogP contribution in [-0.4, -0.2) is 56.9 Å². The molecule has 0 saturated heterocycles. The van der Waals surface area contributed by atoms with Gasteiger partial charge in [-0.25, -0.2) is 15.0 Å². The average Bonchev–Trinajstić information content (AvgIpc) is 3.48. The number of aromatic amines is 1. The van der Waals surface area contributed by atoms with Crippen molar-refractivity contribution in [2.24, 2.45) is 10.7 Å². The summed E-state index contributed by atoms with van der Waals surface area (Å²) in [6, 6.07) is -0.411. The van der Waals surface area contributed by atoms with Gasteiger partial charge in [0.2, 0.25) is 5.91 Å². The van der Waals surface area contributed by atoms with E-state index in [0.717, 1.165) is 10.7 Å². The van der Waals surface area contributed by atoms with Crippen LogP contribution in [0.2, 0.25) is 0 Å². The molecule has 1 amide bonds. The second-order valence-electron chi connectivity index (χ2n) is 6.54. The maximum Gasteiger partial charge on any atom is 0.250 e. The topological polar surface area (TPSA) is 129 Å². The Bertz CT molecular complexity index is 1110.